The Morgan fingerprint density at radius 3 is 2.43 bits per heavy atom. The number of hydrogen-bond donors (Lipinski definition) is 3. The van der Waals surface area contributed by atoms with Gasteiger partial charge in [-0.2, -0.15) is 12.7 Å². The summed E-state index contributed by atoms with van der Waals surface area (Å²) in [5.41, 5.74) is 5.17. The molecule has 4 N–H and O–H groups in total. The number of nitrogens with one attached hydrogen (secondary N) is 1. The van der Waals surface area contributed by atoms with Crippen molar-refractivity contribution in [2.24, 2.45) is 5.73 Å². The van der Waals surface area contributed by atoms with Crippen LogP contribution in [0.5, 0.6) is 0 Å². The van der Waals surface area contributed by atoms with Gasteiger partial charge in [0, 0.05) is 20.6 Å². The monoisotopic (exact) mass is 225 g/mol. The van der Waals surface area contributed by atoms with Crippen LogP contribution in [0.15, 0.2) is 0 Å². The van der Waals surface area contributed by atoms with Gasteiger partial charge in [-0.15, -0.1) is 0 Å². The van der Waals surface area contributed by atoms with Gasteiger partial charge in [-0.25, -0.2) is 4.72 Å². The second kappa shape index (κ2) is 5.25. The third-order valence-corrected chi connectivity index (χ3v) is 3.07. The first-order valence-electron chi connectivity index (χ1n) is 3.93. The van der Waals surface area contributed by atoms with E-state index in [0.717, 1.165) is 4.31 Å². The van der Waals surface area contributed by atoms with Gasteiger partial charge in [0.2, 0.25) is 0 Å². The van der Waals surface area contributed by atoms with E-state index in [2.05, 4.69) is 4.72 Å². The van der Waals surface area contributed by atoms with E-state index in [4.69, 9.17) is 10.8 Å². The lowest BCUT2D eigenvalue weighted by atomic mass is 10.2. The zero-order valence-corrected chi connectivity index (χ0v) is 8.91. The molecule has 0 amide bonds. The van der Waals surface area contributed by atoms with E-state index in [1.165, 1.54) is 14.1 Å². The summed E-state index contributed by atoms with van der Waals surface area (Å²) in [5, 5.41) is 8.41. The van der Waals surface area contributed by atoms with E-state index in [0.29, 0.717) is 0 Å². The van der Waals surface area contributed by atoms with Crippen molar-refractivity contribution in [3.63, 3.8) is 0 Å². The minimum absolute atomic E-state index is 0.00792. The minimum Gasteiger partial charge on any atom is -0.480 e. The number of nitrogens with two attached hydrogens (primary N) is 1. The molecule has 84 valence electrons. The summed E-state index contributed by atoms with van der Waals surface area (Å²) in [6, 6.07) is -1.04. The number of carboxylic acids is 1. The Morgan fingerprint density at radius 2 is 2.07 bits per heavy atom. The number of hydrogen-bond acceptors (Lipinski definition) is 4. The summed E-state index contributed by atoms with van der Waals surface area (Å²) < 4.78 is 25.4. The van der Waals surface area contributed by atoms with E-state index >= 15 is 0 Å². The van der Waals surface area contributed by atoms with Crippen molar-refractivity contribution in [1.82, 2.24) is 9.03 Å². The van der Waals surface area contributed by atoms with Crippen molar-refractivity contribution in [3.8, 4) is 0 Å². The van der Waals surface area contributed by atoms with Crippen molar-refractivity contribution >= 4 is 16.2 Å². The van der Waals surface area contributed by atoms with Gasteiger partial charge in [-0.1, -0.05) is 0 Å². The Bertz CT molecular complexity index is 287. The average Bonchev–Trinajstić information content (AvgIpc) is 2.03. The molecule has 0 aromatic heterocycles. The first kappa shape index (κ1) is 13.3. The number of aliphatic carboxylic acids is 1. The van der Waals surface area contributed by atoms with Crippen LogP contribution in [0.4, 0.5) is 0 Å². The SMILES string of the molecule is CN(C)S(=O)(=O)NCCC(N)C(=O)O. The molecule has 8 heteroatoms. The normalized spacial score (nSPS) is 14.3. The van der Waals surface area contributed by atoms with E-state index in [1.807, 2.05) is 0 Å². The van der Waals surface area contributed by atoms with Gasteiger partial charge < -0.3 is 10.8 Å². The average molecular weight is 225 g/mol. The molecule has 0 spiro atoms. The molecule has 1 unspecified atom stereocenters. The Labute approximate surface area is 83.1 Å². The molecule has 0 aliphatic carbocycles. The van der Waals surface area contributed by atoms with Gasteiger partial charge >= 0.3 is 5.97 Å². The van der Waals surface area contributed by atoms with E-state index < -0.39 is 22.2 Å². The highest BCUT2D eigenvalue weighted by atomic mass is 32.2. The summed E-state index contributed by atoms with van der Waals surface area (Å²) in [6.07, 6.45) is 0.0579. The third kappa shape index (κ3) is 4.51. The highest BCUT2D eigenvalue weighted by molar-refractivity contribution is 7.87. The predicted octanol–water partition coefficient (Wildman–Crippen LogP) is -1.82. The molecular formula is C6H15N3O4S. The predicted molar refractivity (Wildman–Crippen MR) is 50.8 cm³/mol. The highest BCUT2D eigenvalue weighted by Crippen LogP contribution is 1.91. The number of rotatable bonds is 6. The molecule has 0 rings (SSSR count). The Kier molecular flexibility index (Phi) is 4.99. The fourth-order valence-corrected chi connectivity index (χ4v) is 1.23. The van der Waals surface area contributed by atoms with Crippen LogP contribution in [0.3, 0.4) is 0 Å². The highest BCUT2D eigenvalue weighted by Gasteiger charge is 2.15. The van der Waals surface area contributed by atoms with Crippen LogP contribution in [0.2, 0.25) is 0 Å². The summed E-state index contributed by atoms with van der Waals surface area (Å²) in [5.74, 6) is -1.14. The molecule has 7 nitrogen and oxygen atoms in total. The largest absolute Gasteiger partial charge is 0.480 e. The van der Waals surface area contributed by atoms with E-state index in [-0.39, 0.29) is 13.0 Å². The summed E-state index contributed by atoms with van der Waals surface area (Å²) in [6.45, 7) is 0.00792. The molecule has 14 heavy (non-hydrogen) atoms. The lowest BCUT2D eigenvalue weighted by Gasteiger charge is -2.13. The fourth-order valence-electron chi connectivity index (χ4n) is 0.596. The Balaban J connectivity index is 3.92. The first-order chi connectivity index (χ1) is 6.27. The second-order valence-corrected chi connectivity index (χ2v) is 4.88. The first-order valence-corrected chi connectivity index (χ1v) is 5.37. The van der Waals surface area contributed by atoms with Gasteiger partial charge in [0.25, 0.3) is 10.2 Å². The van der Waals surface area contributed by atoms with Crippen LogP contribution in [0.25, 0.3) is 0 Å². The molecule has 0 bridgehead atoms. The number of carbonyl (C=O) groups is 1. The fraction of sp³-hybridized carbons (Fsp3) is 0.833. The molecule has 0 aromatic carbocycles. The molecule has 0 aliphatic rings. The van der Waals surface area contributed by atoms with Crippen molar-refractivity contribution in [1.29, 1.82) is 0 Å². The minimum atomic E-state index is -3.48. The third-order valence-electron chi connectivity index (χ3n) is 1.54. The maximum atomic E-state index is 11.1. The van der Waals surface area contributed by atoms with Crippen molar-refractivity contribution < 1.29 is 18.3 Å². The molecule has 0 aliphatic heterocycles. The van der Waals surface area contributed by atoms with Gasteiger partial charge in [0.1, 0.15) is 6.04 Å². The smallest absolute Gasteiger partial charge is 0.320 e. The standard InChI is InChI=1S/C6H15N3O4S/c1-9(2)14(12,13)8-4-3-5(7)6(10)11/h5,8H,3-4,7H2,1-2H3,(H,10,11). The summed E-state index contributed by atoms with van der Waals surface area (Å²) >= 11 is 0. The zero-order chi connectivity index (χ0) is 11.4. The van der Waals surface area contributed by atoms with Crippen molar-refractivity contribution in [2.45, 2.75) is 12.5 Å². The van der Waals surface area contributed by atoms with Crippen molar-refractivity contribution in [2.75, 3.05) is 20.6 Å². The van der Waals surface area contributed by atoms with Crippen LogP contribution in [0, 0.1) is 0 Å². The lowest BCUT2D eigenvalue weighted by molar-refractivity contribution is -0.138. The number of nitrogens with zero attached hydrogens (tertiary/aromatic N) is 1. The molecule has 1 atom stereocenters. The topological polar surface area (TPSA) is 113 Å². The van der Waals surface area contributed by atoms with Gasteiger partial charge in [0.05, 0.1) is 0 Å². The van der Waals surface area contributed by atoms with E-state index in [1.54, 1.807) is 0 Å². The zero-order valence-electron chi connectivity index (χ0n) is 8.10. The molecule has 0 heterocycles. The van der Waals surface area contributed by atoms with Crippen LogP contribution in [0.1, 0.15) is 6.42 Å². The summed E-state index contributed by atoms with van der Waals surface area (Å²) in [4.78, 5) is 10.3. The van der Waals surface area contributed by atoms with Crippen LogP contribution >= 0.6 is 0 Å². The molecule has 0 aromatic rings. The Hall–Kier alpha value is -0.700. The van der Waals surface area contributed by atoms with Crippen molar-refractivity contribution in [3.05, 3.63) is 0 Å². The van der Waals surface area contributed by atoms with Crippen LogP contribution in [-0.2, 0) is 15.0 Å². The van der Waals surface area contributed by atoms with Crippen LogP contribution in [-0.4, -0.2) is 50.5 Å². The number of carboxylic acid groups (broad SMARTS) is 1. The van der Waals surface area contributed by atoms with Gasteiger partial charge in [0.15, 0.2) is 0 Å². The molecule has 0 saturated carbocycles. The Morgan fingerprint density at radius 1 is 1.57 bits per heavy atom. The lowest BCUT2D eigenvalue weighted by Crippen LogP contribution is -2.39. The quantitative estimate of drug-likeness (QED) is 0.493. The van der Waals surface area contributed by atoms with E-state index in [9.17, 15) is 13.2 Å². The second-order valence-electron chi connectivity index (χ2n) is 2.92. The van der Waals surface area contributed by atoms with Gasteiger partial charge in [-0.05, 0) is 6.42 Å². The summed E-state index contributed by atoms with van der Waals surface area (Å²) in [7, 11) is -0.736. The van der Waals surface area contributed by atoms with Gasteiger partial charge in [-0.3, -0.25) is 4.79 Å². The van der Waals surface area contributed by atoms with Crippen LogP contribution < -0.4 is 10.5 Å². The maximum absolute atomic E-state index is 11.1. The molecule has 0 saturated heterocycles. The molecular weight excluding hydrogens is 210 g/mol. The maximum Gasteiger partial charge on any atom is 0.320 e. The molecule has 0 radical (unpaired) electrons. The molecule has 0 fully saturated rings.